The van der Waals surface area contributed by atoms with Gasteiger partial charge in [0.25, 0.3) is 0 Å². The maximum Gasteiger partial charge on any atom is 0.333 e. The molecular formula is C16H24O2. The number of rotatable bonds is 2. The van der Waals surface area contributed by atoms with Crippen LogP contribution in [0.4, 0.5) is 0 Å². The fourth-order valence-electron chi connectivity index (χ4n) is 5.74. The second-order valence-corrected chi connectivity index (χ2v) is 7.98. The molecule has 0 aromatic rings. The lowest BCUT2D eigenvalue weighted by Gasteiger charge is -2.64. The molecule has 0 aliphatic heterocycles. The summed E-state index contributed by atoms with van der Waals surface area (Å²) in [4.78, 5) is 11.9. The highest BCUT2D eigenvalue weighted by Crippen LogP contribution is 2.67. The Morgan fingerprint density at radius 3 is 2.11 bits per heavy atom. The Labute approximate surface area is 110 Å². The van der Waals surface area contributed by atoms with Gasteiger partial charge in [0.05, 0.1) is 0 Å². The quantitative estimate of drug-likeness (QED) is 0.548. The van der Waals surface area contributed by atoms with Crippen LogP contribution in [0.1, 0.15) is 59.3 Å². The van der Waals surface area contributed by atoms with E-state index in [-0.39, 0.29) is 11.6 Å². The van der Waals surface area contributed by atoms with Crippen LogP contribution in [0, 0.1) is 16.7 Å². The normalized spacial score (nSPS) is 49.2. The van der Waals surface area contributed by atoms with Crippen molar-refractivity contribution in [1.82, 2.24) is 0 Å². The number of carbonyl (C=O) groups is 1. The molecule has 2 nitrogen and oxygen atoms in total. The van der Waals surface area contributed by atoms with E-state index in [1.54, 1.807) is 6.92 Å². The van der Waals surface area contributed by atoms with Gasteiger partial charge in [0, 0.05) is 5.57 Å². The maximum atomic E-state index is 11.9. The van der Waals surface area contributed by atoms with E-state index in [0.29, 0.717) is 16.4 Å². The van der Waals surface area contributed by atoms with Gasteiger partial charge < -0.3 is 4.74 Å². The number of hydrogen-bond donors (Lipinski definition) is 0. The third-order valence-electron chi connectivity index (χ3n) is 5.23. The van der Waals surface area contributed by atoms with E-state index >= 15 is 0 Å². The SMILES string of the molecule is C=C(C)C(=O)OC12CC3CC(C)(CC(C)(C3)C1)C2. The minimum absolute atomic E-state index is 0.182. The highest BCUT2D eigenvalue weighted by Gasteiger charge is 2.61. The summed E-state index contributed by atoms with van der Waals surface area (Å²) >= 11 is 0. The van der Waals surface area contributed by atoms with E-state index < -0.39 is 0 Å². The minimum atomic E-state index is -0.191. The monoisotopic (exact) mass is 248 g/mol. The van der Waals surface area contributed by atoms with Crippen molar-refractivity contribution in [2.45, 2.75) is 64.9 Å². The molecule has 0 spiro atoms. The molecule has 0 aromatic heterocycles. The zero-order valence-corrected chi connectivity index (χ0v) is 11.8. The van der Waals surface area contributed by atoms with Gasteiger partial charge in [0.1, 0.15) is 5.60 Å². The number of carbonyl (C=O) groups excluding carboxylic acids is 1. The first-order valence-corrected chi connectivity index (χ1v) is 7.12. The molecule has 100 valence electrons. The maximum absolute atomic E-state index is 11.9. The molecule has 2 atom stereocenters. The van der Waals surface area contributed by atoms with Crippen molar-refractivity contribution in [2.75, 3.05) is 0 Å². The van der Waals surface area contributed by atoms with Crippen LogP contribution in [-0.2, 0) is 9.53 Å². The van der Waals surface area contributed by atoms with E-state index in [9.17, 15) is 4.79 Å². The van der Waals surface area contributed by atoms with Gasteiger partial charge >= 0.3 is 5.97 Å². The number of esters is 1. The van der Waals surface area contributed by atoms with Gasteiger partial charge in [-0.25, -0.2) is 4.79 Å². The Balaban J connectivity index is 1.89. The van der Waals surface area contributed by atoms with Gasteiger partial charge in [-0.3, -0.25) is 0 Å². The molecule has 4 saturated carbocycles. The summed E-state index contributed by atoms with van der Waals surface area (Å²) in [7, 11) is 0. The van der Waals surface area contributed by atoms with Gasteiger partial charge in [-0.2, -0.15) is 0 Å². The molecule has 18 heavy (non-hydrogen) atoms. The van der Waals surface area contributed by atoms with Crippen LogP contribution in [0.15, 0.2) is 12.2 Å². The van der Waals surface area contributed by atoms with Crippen LogP contribution < -0.4 is 0 Å². The van der Waals surface area contributed by atoms with Crippen LogP contribution in [0.2, 0.25) is 0 Å². The molecule has 0 amide bonds. The predicted octanol–water partition coefficient (Wildman–Crippen LogP) is 3.85. The lowest BCUT2D eigenvalue weighted by Crippen LogP contribution is -2.60. The van der Waals surface area contributed by atoms with Crippen molar-refractivity contribution in [3.05, 3.63) is 12.2 Å². The molecule has 0 radical (unpaired) electrons. The molecular weight excluding hydrogens is 224 g/mol. The molecule has 0 heterocycles. The molecule has 2 heteroatoms. The molecule has 4 bridgehead atoms. The second-order valence-electron chi connectivity index (χ2n) is 7.98. The van der Waals surface area contributed by atoms with Crippen LogP contribution in [0.3, 0.4) is 0 Å². The van der Waals surface area contributed by atoms with Crippen molar-refractivity contribution >= 4 is 5.97 Å². The summed E-state index contributed by atoms with van der Waals surface area (Å²) in [6.45, 7) is 10.2. The Morgan fingerprint density at radius 1 is 1.11 bits per heavy atom. The largest absolute Gasteiger partial charge is 0.456 e. The van der Waals surface area contributed by atoms with Gasteiger partial charge in [0.15, 0.2) is 0 Å². The standard InChI is InChI=1S/C16H24O2/c1-11(2)13(17)18-16-7-12-5-14(3,9-16)8-15(4,6-12)10-16/h12H,1,5-10H2,2-4H3. The van der Waals surface area contributed by atoms with Crippen molar-refractivity contribution in [3.8, 4) is 0 Å². The average Bonchev–Trinajstić information content (AvgIpc) is 2.09. The molecule has 0 N–H and O–H groups in total. The van der Waals surface area contributed by atoms with Crippen molar-refractivity contribution < 1.29 is 9.53 Å². The van der Waals surface area contributed by atoms with E-state index in [0.717, 1.165) is 25.2 Å². The third-order valence-corrected chi connectivity index (χ3v) is 5.23. The summed E-state index contributed by atoms with van der Waals surface area (Å²) in [5.74, 6) is 0.568. The first kappa shape index (κ1) is 12.3. The summed E-state index contributed by atoms with van der Waals surface area (Å²) in [6, 6.07) is 0. The molecule has 4 aliphatic carbocycles. The van der Waals surface area contributed by atoms with Crippen molar-refractivity contribution in [2.24, 2.45) is 16.7 Å². The number of ether oxygens (including phenoxy) is 1. The molecule has 2 unspecified atom stereocenters. The fourth-order valence-corrected chi connectivity index (χ4v) is 5.74. The van der Waals surface area contributed by atoms with Gasteiger partial charge in [0.2, 0.25) is 0 Å². The summed E-state index contributed by atoms with van der Waals surface area (Å²) in [6.07, 6.45) is 7.17. The van der Waals surface area contributed by atoms with Gasteiger partial charge in [-0.1, -0.05) is 20.4 Å². The highest BCUT2D eigenvalue weighted by molar-refractivity contribution is 5.87. The molecule has 4 aliphatic rings. The lowest BCUT2D eigenvalue weighted by atomic mass is 9.43. The van der Waals surface area contributed by atoms with E-state index in [1.165, 1.54) is 19.3 Å². The van der Waals surface area contributed by atoms with E-state index in [1.807, 2.05) is 0 Å². The Bertz CT molecular complexity index is 405. The van der Waals surface area contributed by atoms with Crippen LogP contribution in [0.5, 0.6) is 0 Å². The van der Waals surface area contributed by atoms with Crippen molar-refractivity contribution in [3.63, 3.8) is 0 Å². The molecule has 0 aromatic carbocycles. The second kappa shape index (κ2) is 3.40. The summed E-state index contributed by atoms with van der Waals surface area (Å²) < 4.78 is 5.90. The van der Waals surface area contributed by atoms with E-state index in [2.05, 4.69) is 20.4 Å². The van der Waals surface area contributed by atoms with Crippen LogP contribution >= 0.6 is 0 Å². The number of hydrogen-bond acceptors (Lipinski definition) is 2. The first-order chi connectivity index (χ1) is 8.23. The highest BCUT2D eigenvalue weighted by atomic mass is 16.6. The summed E-state index contributed by atoms with van der Waals surface area (Å²) in [5.41, 5.74) is 1.13. The van der Waals surface area contributed by atoms with Gasteiger partial charge in [-0.05, 0) is 62.2 Å². The smallest absolute Gasteiger partial charge is 0.333 e. The summed E-state index contributed by atoms with van der Waals surface area (Å²) in [5, 5.41) is 0. The third kappa shape index (κ3) is 1.81. The Morgan fingerprint density at radius 2 is 1.67 bits per heavy atom. The predicted molar refractivity (Wildman–Crippen MR) is 71.0 cm³/mol. The van der Waals surface area contributed by atoms with Crippen LogP contribution in [0.25, 0.3) is 0 Å². The minimum Gasteiger partial charge on any atom is -0.456 e. The Kier molecular flexibility index (Phi) is 2.31. The zero-order valence-electron chi connectivity index (χ0n) is 11.8. The fraction of sp³-hybridized carbons (Fsp3) is 0.812. The molecule has 4 fully saturated rings. The van der Waals surface area contributed by atoms with Crippen molar-refractivity contribution in [1.29, 1.82) is 0 Å². The molecule has 0 saturated heterocycles. The molecule has 4 rings (SSSR count). The zero-order chi connectivity index (χ0) is 13.2. The Hall–Kier alpha value is -0.790. The lowest BCUT2D eigenvalue weighted by molar-refractivity contribution is -0.212. The van der Waals surface area contributed by atoms with Gasteiger partial charge in [-0.15, -0.1) is 0 Å². The first-order valence-electron chi connectivity index (χ1n) is 7.12. The van der Waals surface area contributed by atoms with E-state index in [4.69, 9.17) is 4.74 Å². The van der Waals surface area contributed by atoms with Crippen LogP contribution in [-0.4, -0.2) is 11.6 Å². The topological polar surface area (TPSA) is 26.3 Å². The average molecular weight is 248 g/mol.